The van der Waals surface area contributed by atoms with E-state index in [9.17, 15) is 4.79 Å². The van der Waals surface area contributed by atoms with Gasteiger partial charge in [0.2, 0.25) is 0 Å². The Hall–Kier alpha value is -3.02. The number of hydrogen-bond acceptors (Lipinski definition) is 4. The molecule has 25 heavy (non-hydrogen) atoms. The molecule has 1 amide bonds. The molecule has 0 fully saturated rings. The summed E-state index contributed by atoms with van der Waals surface area (Å²) >= 11 is 0. The number of imidazole rings is 1. The molecule has 1 aromatic carbocycles. The summed E-state index contributed by atoms with van der Waals surface area (Å²) in [6.45, 7) is 6.78. The largest absolute Gasteiger partial charge is 0.494 e. The minimum absolute atomic E-state index is 0.218. The first-order valence-corrected chi connectivity index (χ1v) is 8.27. The van der Waals surface area contributed by atoms with Crippen LogP contribution >= 0.6 is 0 Å². The highest BCUT2D eigenvalue weighted by Gasteiger charge is 2.13. The number of anilines is 1. The fourth-order valence-electron chi connectivity index (χ4n) is 2.66. The molecule has 0 bridgehead atoms. The number of aromatic nitrogens is 2. The number of nitrogens with zero attached hydrogens (tertiary/aromatic N) is 2. The van der Waals surface area contributed by atoms with Crippen LogP contribution in [0.5, 0.6) is 11.5 Å². The summed E-state index contributed by atoms with van der Waals surface area (Å²) in [5, 5.41) is 2.95. The van der Waals surface area contributed by atoms with Gasteiger partial charge >= 0.3 is 0 Å². The van der Waals surface area contributed by atoms with Crippen molar-refractivity contribution in [3.63, 3.8) is 0 Å². The fraction of sp³-hybridized carbons (Fsp3) is 0.263. The first-order chi connectivity index (χ1) is 12.1. The highest BCUT2D eigenvalue weighted by Crippen LogP contribution is 2.25. The lowest BCUT2D eigenvalue weighted by atomic mass is 10.1. The number of ether oxygens (including phenoxy) is 2. The molecule has 0 unspecified atom stereocenters. The van der Waals surface area contributed by atoms with Gasteiger partial charge in [-0.25, -0.2) is 4.98 Å². The van der Waals surface area contributed by atoms with Gasteiger partial charge < -0.3 is 19.2 Å². The minimum Gasteiger partial charge on any atom is -0.494 e. The second kappa shape index (κ2) is 7.25. The van der Waals surface area contributed by atoms with Gasteiger partial charge in [-0.15, -0.1) is 0 Å². The van der Waals surface area contributed by atoms with Gasteiger partial charge in [0.15, 0.2) is 0 Å². The zero-order chi connectivity index (χ0) is 17.8. The Morgan fingerprint density at radius 3 is 2.44 bits per heavy atom. The van der Waals surface area contributed by atoms with E-state index in [-0.39, 0.29) is 5.91 Å². The normalized spacial score (nSPS) is 10.7. The third-order valence-electron chi connectivity index (χ3n) is 3.83. The molecule has 1 N–H and O–H groups in total. The summed E-state index contributed by atoms with van der Waals surface area (Å²) in [6, 6.07) is 8.93. The van der Waals surface area contributed by atoms with Crippen LogP contribution in [0.4, 0.5) is 5.69 Å². The van der Waals surface area contributed by atoms with E-state index >= 15 is 0 Å². The molecule has 0 saturated heterocycles. The van der Waals surface area contributed by atoms with Crippen LogP contribution < -0.4 is 14.8 Å². The van der Waals surface area contributed by atoms with Gasteiger partial charge in [0.05, 0.1) is 18.9 Å². The van der Waals surface area contributed by atoms with Crippen molar-refractivity contribution in [2.45, 2.75) is 20.8 Å². The lowest BCUT2D eigenvalue weighted by molar-refractivity contribution is 0.102. The lowest BCUT2D eigenvalue weighted by Crippen LogP contribution is -2.14. The SMILES string of the molecule is CCOc1cc(OCC)cc(C(=O)Nc2ccc3nccn3c2C)c1. The Labute approximate surface area is 146 Å². The van der Waals surface area contributed by atoms with Crippen molar-refractivity contribution >= 4 is 17.2 Å². The van der Waals surface area contributed by atoms with Crippen molar-refractivity contribution in [1.29, 1.82) is 0 Å². The summed E-state index contributed by atoms with van der Waals surface area (Å²) in [4.78, 5) is 16.9. The number of nitrogens with one attached hydrogen (secondary N) is 1. The number of hydrogen-bond donors (Lipinski definition) is 1. The second-order valence-corrected chi connectivity index (χ2v) is 5.50. The lowest BCUT2D eigenvalue weighted by Gasteiger charge is -2.13. The van der Waals surface area contributed by atoms with Crippen molar-refractivity contribution in [3.8, 4) is 11.5 Å². The minimum atomic E-state index is -0.218. The number of benzene rings is 1. The van der Waals surface area contributed by atoms with Gasteiger partial charge in [-0.2, -0.15) is 0 Å². The molecule has 130 valence electrons. The maximum absolute atomic E-state index is 12.7. The molecule has 3 aromatic rings. The van der Waals surface area contributed by atoms with Crippen LogP contribution in [-0.2, 0) is 0 Å². The summed E-state index contributed by atoms with van der Waals surface area (Å²) in [6.07, 6.45) is 3.59. The van der Waals surface area contributed by atoms with E-state index in [4.69, 9.17) is 9.47 Å². The van der Waals surface area contributed by atoms with Crippen LogP contribution in [0.1, 0.15) is 29.9 Å². The molecule has 0 aliphatic rings. The third kappa shape index (κ3) is 3.57. The molecule has 2 aromatic heterocycles. The quantitative estimate of drug-likeness (QED) is 0.744. The molecule has 0 aliphatic carbocycles. The van der Waals surface area contributed by atoms with E-state index in [0.29, 0.717) is 30.3 Å². The molecule has 0 saturated carbocycles. The van der Waals surface area contributed by atoms with Crippen molar-refractivity contribution in [1.82, 2.24) is 9.38 Å². The van der Waals surface area contributed by atoms with Gasteiger partial charge in [0.25, 0.3) is 5.91 Å². The Balaban J connectivity index is 1.89. The van der Waals surface area contributed by atoms with Crippen molar-refractivity contribution in [2.24, 2.45) is 0 Å². The zero-order valence-electron chi connectivity index (χ0n) is 14.6. The van der Waals surface area contributed by atoms with E-state index < -0.39 is 0 Å². The molecule has 0 radical (unpaired) electrons. The van der Waals surface area contributed by atoms with E-state index in [0.717, 1.165) is 17.0 Å². The molecule has 0 aliphatic heterocycles. The van der Waals surface area contributed by atoms with Crippen LogP contribution in [-0.4, -0.2) is 28.5 Å². The van der Waals surface area contributed by atoms with E-state index in [1.54, 1.807) is 24.4 Å². The molecule has 2 heterocycles. The predicted molar refractivity (Wildman–Crippen MR) is 96.7 cm³/mol. The van der Waals surface area contributed by atoms with Crippen LogP contribution in [0.3, 0.4) is 0 Å². The van der Waals surface area contributed by atoms with Crippen LogP contribution in [0.15, 0.2) is 42.7 Å². The number of carbonyl (C=O) groups excluding carboxylic acids is 1. The molecular weight excluding hydrogens is 318 g/mol. The second-order valence-electron chi connectivity index (χ2n) is 5.50. The van der Waals surface area contributed by atoms with Crippen molar-refractivity contribution < 1.29 is 14.3 Å². The summed E-state index contributed by atoms with van der Waals surface area (Å²) in [5.41, 5.74) is 2.97. The number of amides is 1. The van der Waals surface area contributed by atoms with E-state index in [1.807, 2.05) is 43.5 Å². The fourth-order valence-corrected chi connectivity index (χ4v) is 2.66. The average Bonchev–Trinajstić information content (AvgIpc) is 3.07. The Morgan fingerprint density at radius 2 is 1.80 bits per heavy atom. The topological polar surface area (TPSA) is 64.9 Å². The number of carbonyl (C=O) groups is 1. The van der Waals surface area contributed by atoms with Gasteiger partial charge in [-0.05, 0) is 45.0 Å². The van der Waals surface area contributed by atoms with Gasteiger partial charge in [-0.1, -0.05) is 0 Å². The number of rotatable bonds is 6. The van der Waals surface area contributed by atoms with Gasteiger partial charge in [0.1, 0.15) is 17.1 Å². The molecular formula is C19H21N3O3. The molecule has 0 spiro atoms. The summed E-state index contributed by atoms with van der Waals surface area (Å²) < 4.78 is 13.0. The zero-order valence-corrected chi connectivity index (χ0v) is 14.6. The number of pyridine rings is 1. The molecule has 0 atom stereocenters. The first-order valence-electron chi connectivity index (χ1n) is 8.27. The van der Waals surface area contributed by atoms with E-state index in [2.05, 4.69) is 10.3 Å². The molecule has 6 heteroatoms. The molecule has 3 rings (SSSR count). The standard InChI is InChI=1S/C19H21N3O3/c1-4-24-15-10-14(11-16(12-15)25-5-2)19(23)21-17-6-7-18-20-8-9-22(18)13(17)3/h6-12H,4-5H2,1-3H3,(H,21,23). The highest BCUT2D eigenvalue weighted by atomic mass is 16.5. The average molecular weight is 339 g/mol. The van der Waals surface area contributed by atoms with Crippen molar-refractivity contribution in [3.05, 3.63) is 54.0 Å². The maximum atomic E-state index is 12.7. The third-order valence-corrected chi connectivity index (χ3v) is 3.83. The molecule has 6 nitrogen and oxygen atoms in total. The Kier molecular flexibility index (Phi) is 4.88. The summed E-state index contributed by atoms with van der Waals surface area (Å²) in [7, 11) is 0. The predicted octanol–water partition coefficient (Wildman–Crippen LogP) is 3.69. The maximum Gasteiger partial charge on any atom is 0.255 e. The first kappa shape index (κ1) is 16.8. The Morgan fingerprint density at radius 1 is 1.12 bits per heavy atom. The highest BCUT2D eigenvalue weighted by molar-refractivity contribution is 6.05. The number of aryl methyl sites for hydroxylation is 1. The Bertz CT molecular complexity index is 878. The number of fused-ring (bicyclic) bond motifs is 1. The van der Waals surface area contributed by atoms with Crippen molar-refractivity contribution in [2.75, 3.05) is 18.5 Å². The smallest absolute Gasteiger partial charge is 0.255 e. The van der Waals surface area contributed by atoms with Crippen LogP contribution in [0.25, 0.3) is 5.65 Å². The summed E-state index contributed by atoms with van der Waals surface area (Å²) in [5.74, 6) is 1.01. The van der Waals surface area contributed by atoms with E-state index in [1.165, 1.54) is 0 Å². The monoisotopic (exact) mass is 339 g/mol. The van der Waals surface area contributed by atoms with Crippen LogP contribution in [0.2, 0.25) is 0 Å². The van der Waals surface area contributed by atoms with Gasteiger partial charge in [0, 0.05) is 29.7 Å². The van der Waals surface area contributed by atoms with Crippen LogP contribution in [0, 0.1) is 6.92 Å². The van der Waals surface area contributed by atoms with Gasteiger partial charge in [-0.3, -0.25) is 4.79 Å².